The number of aromatic hydroxyl groups is 2. The minimum atomic E-state index is -0.892. The molecule has 0 aliphatic rings. The maximum atomic E-state index is 10.8. The number of aliphatic carboxylic acids is 1. The molecule has 5 nitrogen and oxygen atoms in total. The van der Waals surface area contributed by atoms with E-state index in [1.54, 1.807) is 13.1 Å². The van der Waals surface area contributed by atoms with Crippen molar-refractivity contribution in [1.29, 1.82) is 0 Å². The predicted octanol–water partition coefficient (Wildman–Crippen LogP) is 3.85. The van der Waals surface area contributed by atoms with Crippen LogP contribution in [-0.4, -0.2) is 37.0 Å². The molecule has 0 radical (unpaired) electrons. The Morgan fingerprint density at radius 2 is 2.00 bits per heavy atom. The first-order valence-corrected chi connectivity index (χ1v) is 8.86. The average Bonchev–Trinajstić information content (AvgIpc) is 2.41. The lowest BCUT2D eigenvalue weighted by molar-refractivity contribution is -0.136. The van der Waals surface area contributed by atoms with E-state index in [1.807, 2.05) is 6.92 Å². The Morgan fingerprint density at radius 1 is 1.41 bits per heavy atom. The minimum Gasteiger partial charge on any atom is -0.503 e. The van der Waals surface area contributed by atoms with Crippen molar-refractivity contribution < 1.29 is 20.1 Å². The van der Waals surface area contributed by atoms with Gasteiger partial charge in [-0.15, -0.1) is 11.8 Å². The predicted molar refractivity (Wildman–Crippen MR) is 98.7 cm³/mol. The van der Waals surface area contributed by atoms with Crippen molar-refractivity contribution in [1.82, 2.24) is 0 Å². The van der Waals surface area contributed by atoms with Crippen LogP contribution >= 0.6 is 34.4 Å². The number of hydrogen-bond donors (Lipinski definition) is 4. The molecule has 4 N–H and O–H groups in total. The molecule has 0 aliphatic carbocycles. The first-order chi connectivity index (χ1) is 10.1. The summed E-state index contributed by atoms with van der Waals surface area (Å²) in [4.78, 5) is 11.4. The van der Waals surface area contributed by atoms with Gasteiger partial charge in [0.15, 0.2) is 11.5 Å². The number of carboxylic acids is 1. The molecule has 1 unspecified atom stereocenters. The lowest BCUT2D eigenvalue weighted by atomic mass is 10.1. The van der Waals surface area contributed by atoms with Crippen LogP contribution in [-0.2, 0) is 11.2 Å². The Kier molecular flexibility index (Phi) is 6.66. The van der Waals surface area contributed by atoms with Gasteiger partial charge in [0.05, 0.1) is 10.6 Å². The fourth-order valence-corrected chi connectivity index (χ4v) is 3.30. The van der Waals surface area contributed by atoms with E-state index < -0.39 is 5.97 Å². The third-order valence-corrected chi connectivity index (χ3v) is 6.43. The second-order valence-electron chi connectivity index (χ2n) is 5.58. The largest absolute Gasteiger partial charge is 0.503 e. The normalized spacial score (nSPS) is 13.0. The molecule has 0 aliphatic heterocycles. The van der Waals surface area contributed by atoms with Crippen LogP contribution in [0.2, 0.25) is 0 Å². The molecule has 22 heavy (non-hydrogen) atoms. The number of carboxylic acid groups (broad SMARTS) is 1. The molecule has 1 atom stereocenters. The summed E-state index contributed by atoms with van der Waals surface area (Å²) < 4.78 is -0.0176. The summed E-state index contributed by atoms with van der Waals surface area (Å²) in [6.45, 7) is 6.21. The number of alkyl halides is 1. The van der Waals surface area contributed by atoms with Crippen LogP contribution < -0.4 is 5.32 Å². The molecule has 1 aromatic rings. The average molecular weight is 439 g/mol. The van der Waals surface area contributed by atoms with Crippen LogP contribution in [0.5, 0.6) is 11.5 Å². The van der Waals surface area contributed by atoms with Gasteiger partial charge < -0.3 is 20.6 Å². The van der Waals surface area contributed by atoms with E-state index in [0.717, 1.165) is 5.56 Å². The van der Waals surface area contributed by atoms with Gasteiger partial charge in [0.1, 0.15) is 0 Å². The number of phenols is 2. The van der Waals surface area contributed by atoms with Gasteiger partial charge >= 0.3 is 5.97 Å². The summed E-state index contributed by atoms with van der Waals surface area (Å²) in [6.07, 6.45) is 0.275. The molecule has 0 saturated heterocycles. The van der Waals surface area contributed by atoms with E-state index in [0.29, 0.717) is 17.0 Å². The number of carbonyl (C=O) groups is 1. The summed E-state index contributed by atoms with van der Waals surface area (Å²) in [6, 6.07) is 1.70. The molecule has 0 bridgehead atoms. The summed E-state index contributed by atoms with van der Waals surface area (Å²) >= 11 is 3.79. The van der Waals surface area contributed by atoms with E-state index in [9.17, 15) is 15.0 Å². The first-order valence-electron chi connectivity index (χ1n) is 6.90. The highest BCUT2D eigenvalue weighted by Crippen LogP contribution is 2.47. The summed E-state index contributed by atoms with van der Waals surface area (Å²) in [7, 11) is 1.64. The monoisotopic (exact) mass is 439 g/mol. The topological polar surface area (TPSA) is 89.8 Å². The van der Waals surface area contributed by atoms with Gasteiger partial charge in [-0.25, -0.2) is 0 Å². The number of hydrogen-bond acceptors (Lipinski definition) is 5. The SMILES string of the molecule is CNc1cc(CCC(=O)O)c(SC(C)C(C)(C)I)c(O)c1O. The second kappa shape index (κ2) is 7.63. The molecular weight excluding hydrogens is 417 g/mol. The van der Waals surface area contributed by atoms with E-state index in [2.05, 4.69) is 41.8 Å². The third-order valence-electron chi connectivity index (χ3n) is 3.44. The Balaban J connectivity index is 3.26. The van der Waals surface area contributed by atoms with E-state index in [4.69, 9.17) is 5.11 Å². The van der Waals surface area contributed by atoms with Gasteiger partial charge in [0, 0.05) is 22.1 Å². The second-order valence-corrected chi connectivity index (χ2v) is 9.71. The number of nitrogens with one attached hydrogen (secondary N) is 1. The molecule has 0 aromatic heterocycles. The molecule has 0 amide bonds. The number of aryl methyl sites for hydroxylation is 1. The van der Waals surface area contributed by atoms with Gasteiger partial charge in [-0.05, 0) is 31.9 Å². The minimum absolute atomic E-state index is 0.0176. The van der Waals surface area contributed by atoms with Crippen LogP contribution in [0.15, 0.2) is 11.0 Å². The van der Waals surface area contributed by atoms with Crippen molar-refractivity contribution in [3.05, 3.63) is 11.6 Å². The van der Waals surface area contributed by atoms with Crippen LogP contribution in [0, 0.1) is 0 Å². The van der Waals surface area contributed by atoms with Crippen LogP contribution in [0.1, 0.15) is 32.8 Å². The Hall–Kier alpha value is -0.830. The third kappa shape index (κ3) is 4.84. The molecule has 7 heteroatoms. The van der Waals surface area contributed by atoms with Gasteiger partial charge in [0.2, 0.25) is 0 Å². The lowest BCUT2D eigenvalue weighted by Crippen LogP contribution is -2.23. The maximum Gasteiger partial charge on any atom is 0.303 e. The summed E-state index contributed by atoms with van der Waals surface area (Å²) in [5.41, 5.74) is 1.11. The van der Waals surface area contributed by atoms with E-state index in [-0.39, 0.29) is 26.6 Å². The first kappa shape index (κ1) is 19.2. The molecule has 0 saturated carbocycles. The standard InChI is InChI=1S/C15H22INO4S/c1-8(15(2,3)16)22-14-9(5-6-11(18)19)7-10(17-4)12(20)13(14)21/h7-8,17,20-21H,5-6H2,1-4H3,(H,18,19). The van der Waals surface area contributed by atoms with Gasteiger partial charge in [-0.2, -0.15) is 0 Å². The molecule has 1 rings (SSSR count). The zero-order chi connectivity index (χ0) is 17.1. The Morgan fingerprint density at radius 3 is 2.45 bits per heavy atom. The van der Waals surface area contributed by atoms with E-state index in [1.165, 1.54) is 11.8 Å². The Labute approximate surface area is 148 Å². The lowest BCUT2D eigenvalue weighted by Gasteiger charge is -2.26. The van der Waals surface area contributed by atoms with Gasteiger partial charge in [0.25, 0.3) is 0 Å². The molecule has 0 spiro atoms. The van der Waals surface area contributed by atoms with Crippen LogP contribution in [0.25, 0.3) is 0 Å². The highest BCUT2D eigenvalue weighted by Gasteiger charge is 2.27. The van der Waals surface area contributed by atoms with Gasteiger partial charge in [-0.3, -0.25) is 4.79 Å². The summed E-state index contributed by atoms with van der Waals surface area (Å²) in [5, 5.41) is 32.2. The molecule has 124 valence electrons. The molecular formula is C15H22INO4S. The number of anilines is 1. The molecule has 0 heterocycles. The number of rotatable bonds is 7. The van der Waals surface area contributed by atoms with Crippen LogP contribution in [0.3, 0.4) is 0 Å². The maximum absolute atomic E-state index is 10.8. The Bertz CT molecular complexity index is 557. The highest BCUT2D eigenvalue weighted by atomic mass is 127. The molecule has 1 aromatic carbocycles. The van der Waals surface area contributed by atoms with E-state index >= 15 is 0 Å². The smallest absolute Gasteiger partial charge is 0.303 e. The van der Waals surface area contributed by atoms with Crippen molar-refractivity contribution in [2.75, 3.05) is 12.4 Å². The number of thioether (sulfide) groups is 1. The van der Waals surface area contributed by atoms with Crippen LogP contribution in [0.4, 0.5) is 5.69 Å². The summed E-state index contributed by atoms with van der Waals surface area (Å²) in [5.74, 6) is -1.29. The zero-order valence-electron chi connectivity index (χ0n) is 13.1. The quantitative estimate of drug-likeness (QED) is 0.223. The van der Waals surface area contributed by atoms with Gasteiger partial charge in [-0.1, -0.05) is 29.5 Å². The van der Waals surface area contributed by atoms with Crippen molar-refractivity contribution in [2.45, 2.75) is 47.2 Å². The fourth-order valence-electron chi connectivity index (χ4n) is 1.76. The molecule has 0 fully saturated rings. The number of phenolic OH excluding ortho intramolecular Hbond substituents is 2. The highest BCUT2D eigenvalue weighted by molar-refractivity contribution is 14.1. The number of benzene rings is 1. The van der Waals surface area contributed by atoms with Crippen molar-refractivity contribution >= 4 is 46.0 Å². The zero-order valence-corrected chi connectivity index (χ0v) is 16.1. The number of halogens is 1. The fraction of sp³-hybridized carbons (Fsp3) is 0.533. The van der Waals surface area contributed by atoms with Crippen molar-refractivity contribution in [3.63, 3.8) is 0 Å². The van der Waals surface area contributed by atoms with Crippen molar-refractivity contribution in [3.8, 4) is 11.5 Å². The van der Waals surface area contributed by atoms with Crippen molar-refractivity contribution in [2.24, 2.45) is 0 Å².